The van der Waals surface area contributed by atoms with Gasteiger partial charge in [0.2, 0.25) is 0 Å². The second-order valence-corrected chi connectivity index (χ2v) is 11.0. The number of ether oxygens (including phenoxy) is 2. The number of methoxy groups -OCH3 is 2. The molecule has 2 unspecified atom stereocenters. The van der Waals surface area contributed by atoms with Crippen LogP contribution in [0.1, 0.15) is 44.9 Å². The fraction of sp³-hybridized carbons (Fsp3) is 0.400. The number of amides is 1. The lowest BCUT2D eigenvalue weighted by Gasteiger charge is -2.21. The van der Waals surface area contributed by atoms with Crippen molar-refractivity contribution in [2.75, 3.05) is 26.3 Å². The number of thiocarbonyl (C=S) groups is 1. The Morgan fingerprint density at radius 3 is 2.65 bits per heavy atom. The summed E-state index contributed by atoms with van der Waals surface area (Å²) in [5.41, 5.74) is 3.57. The molecule has 1 aliphatic heterocycles. The Labute approximate surface area is 230 Å². The number of rotatable bonds is 9. The van der Waals surface area contributed by atoms with Gasteiger partial charge in [-0.15, -0.1) is 11.8 Å². The number of benzene rings is 2. The average molecular weight is 537 g/mol. The largest absolute Gasteiger partial charge is 0.497 e. The van der Waals surface area contributed by atoms with Crippen molar-refractivity contribution in [3.05, 3.63) is 70.5 Å². The molecule has 196 valence electrons. The van der Waals surface area contributed by atoms with Gasteiger partial charge in [-0.3, -0.25) is 4.79 Å². The smallest absolute Gasteiger partial charge is 0.252 e. The molecule has 0 saturated heterocycles. The van der Waals surface area contributed by atoms with Crippen LogP contribution in [0.15, 0.2) is 70.5 Å². The maximum absolute atomic E-state index is 13.2. The molecule has 0 spiro atoms. The number of nitrogens with one attached hydrogen (secondary N) is 2. The first-order valence-electron chi connectivity index (χ1n) is 12.9. The summed E-state index contributed by atoms with van der Waals surface area (Å²) in [6, 6.07) is 15.9. The number of hydrogen-bond donors (Lipinski definition) is 2. The van der Waals surface area contributed by atoms with Gasteiger partial charge >= 0.3 is 0 Å². The molecule has 2 N–H and O–H groups in total. The number of anilines is 1. The van der Waals surface area contributed by atoms with Gasteiger partial charge in [0.25, 0.3) is 5.91 Å². The van der Waals surface area contributed by atoms with Gasteiger partial charge in [-0.05, 0) is 65.5 Å². The normalized spacial score (nSPS) is 19.7. The van der Waals surface area contributed by atoms with E-state index in [9.17, 15) is 4.79 Å². The Morgan fingerprint density at radius 1 is 1.08 bits per heavy atom. The van der Waals surface area contributed by atoms with Crippen molar-refractivity contribution >= 4 is 40.6 Å². The van der Waals surface area contributed by atoms with Gasteiger partial charge in [-0.2, -0.15) is 0 Å². The minimum atomic E-state index is -0.0637. The first kappa shape index (κ1) is 27.4. The van der Waals surface area contributed by atoms with E-state index in [1.165, 1.54) is 37.0 Å². The number of carbonyl (C=O) groups is 1. The summed E-state index contributed by atoms with van der Waals surface area (Å²) >= 11 is 7.19. The van der Waals surface area contributed by atoms with E-state index in [0.29, 0.717) is 30.7 Å². The summed E-state index contributed by atoms with van der Waals surface area (Å²) in [5.74, 6) is 1.85. The van der Waals surface area contributed by atoms with Crippen LogP contribution in [0, 0.1) is 11.8 Å². The van der Waals surface area contributed by atoms with Gasteiger partial charge in [-0.25, -0.2) is 0 Å². The van der Waals surface area contributed by atoms with Crippen LogP contribution in [0.5, 0.6) is 5.75 Å². The third kappa shape index (κ3) is 7.69. The highest BCUT2D eigenvalue weighted by atomic mass is 32.2. The van der Waals surface area contributed by atoms with Gasteiger partial charge in [0.1, 0.15) is 12.5 Å². The summed E-state index contributed by atoms with van der Waals surface area (Å²) in [5, 5.41) is 8.35. The summed E-state index contributed by atoms with van der Waals surface area (Å²) in [4.78, 5) is 15.5. The topological polar surface area (TPSA) is 59.6 Å². The van der Waals surface area contributed by atoms with Crippen molar-refractivity contribution in [2.24, 2.45) is 11.8 Å². The van der Waals surface area contributed by atoms with Gasteiger partial charge in [0.15, 0.2) is 0 Å². The first-order chi connectivity index (χ1) is 18.1. The van der Waals surface area contributed by atoms with Crippen molar-refractivity contribution in [1.82, 2.24) is 5.32 Å². The fourth-order valence-electron chi connectivity index (χ4n) is 5.03. The van der Waals surface area contributed by atoms with Crippen molar-refractivity contribution in [3.8, 4) is 16.9 Å². The van der Waals surface area contributed by atoms with E-state index >= 15 is 0 Å². The third-order valence-electron chi connectivity index (χ3n) is 7.09. The Balaban J connectivity index is 1.35. The molecule has 37 heavy (non-hydrogen) atoms. The van der Waals surface area contributed by atoms with Crippen LogP contribution in [0.4, 0.5) is 5.69 Å². The van der Waals surface area contributed by atoms with E-state index in [4.69, 9.17) is 21.7 Å². The van der Waals surface area contributed by atoms with Crippen LogP contribution in [0.3, 0.4) is 0 Å². The lowest BCUT2D eigenvalue weighted by Crippen LogP contribution is -2.25. The minimum absolute atomic E-state index is 0.0637. The quantitative estimate of drug-likeness (QED) is 0.199. The van der Waals surface area contributed by atoms with E-state index in [1.54, 1.807) is 26.0 Å². The molecule has 1 amide bonds. The highest BCUT2D eigenvalue weighted by Gasteiger charge is 2.25. The average Bonchev–Trinajstić information content (AvgIpc) is 3.18. The fourth-order valence-corrected chi connectivity index (χ4v) is 6.42. The van der Waals surface area contributed by atoms with Crippen LogP contribution >= 0.6 is 24.0 Å². The molecule has 0 aromatic heterocycles. The molecule has 4 rings (SSSR count). The van der Waals surface area contributed by atoms with Gasteiger partial charge in [-0.1, -0.05) is 61.5 Å². The molecule has 5 nitrogen and oxygen atoms in total. The highest BCUT2D eigenvalue weighted by molar-refractivity contribution is 8.05. The highest BCUT2D eigenvalue weighted by Crippen LogP contribution is 2.41. The van der Waals surface area contributed by atoms with E-state index in [2.05, 4.69) is 16.7 Å². The summed E-state index contributed by atoms with van der Waals surface area (Å²) in [6.45, 7) is 0.478. The zero-order valence-electron chi connectivity index (χ0n) is 21.6. The molecule has 7 heteroatoms. The molecule has 2 aromatic carbocycles. The van der Waals surface area contributed by atoms with Crippen molar-refractivity contribution < 1.29 is 14.3 Å². The van der Waals surface area contributed by atoms with Crippen molar-refractivity contribution in [1.29, 1.82) is 0 Å². The number of hydrogen-bond acceptors (Lipinski definition) is 5. The second kappa shape index (κ2) is 13.8. The van der Waals surface area contributed by atoms with Gasteiger partial charge in [0.05, 0.1) is 17.8 Å². The second-order valence-electron chi connectivity index (χ2n) is 9.61. The minimum Gasteiger partial charge on any atom is -0.497 e. The van der Waals surface area contributed by atoms with E-state index < -0.39 is 0 Å². The van der Waals surface area contributed by atoms with Crippen LogP contribution in [0.2, 0.25) is 0 Å². The molecule has 1 aliphatic carbocycles. The third-order valence-corrected chi connectivity index (χ3v) is 8.58. The zero-order valence-corrected chi connectivity index (χ0v) is 23.3. The summed E-state index contributed by atoms with van der Waals surface area (Å²) < 4.78 is 10.5. The predicted molar refractivity (Wildman–Crippen MR) is 158 cm³/mol. The molecule has 1 saturated carbocycles. The zero-order chi connectivity index (χ0) is 26.0. The SMILES string of the molecule is COCNC(=S)CC1CCCC(C2=CCC(C(=O)Nc3cc(OC)ccc3-c3ccccc3)=CS2)CC1. The van der Waals surface area contributed by atoms with Crippen molar-refractivity contribution in [3.63, 3.8) is 0 Å². The lowest BCUT2D eigenvalue weighted by molar-refractivity contribution is -0.112. The van der Waals surface area contributed by atoms with Crippen LogP contribution in [0.25, 0.3) is 11.1 Å². The van der Waals surface area contributed by atoms with E-state index in [0.717, 1.165) is 33.8 Å². The monoisotopic (exact) mass is 536 g/mol. The molecule has 0 bridgehead atoms. The maximum atomic E-state index is 13.2. The van der Waals surface area contributed by atoms with Gasteiger partial charge < -0.3 is 20.1 Å². The standard InChI is InChI=1S/C30H36N2O3S2/c1-34-20-31-29(36)17-21-7-6-10-23(12-11-21)28-16-13-24(19-37-28)30(33)32-27-18-25(35-2)14-15-26(27)22-8-4-3-5-9-22/h3-5,8-9,14-16,18-19,21,23H,6-7,10-13,17,20H2,1-2H3,(H,31,36)(H,32,33). The van der Waals surface area contributed by atoms with E-state index in [-0.39, 0.29) is 5.91 Å². The Bertz CT molecular complexity index is 1150. The van der Waals surface area contributed by atoms with Gasteiger partial charge in [0, 0.05) is 30.7 Å². The molecule has 2 atom stereocenters. The predicted octanol–water partition coefficient (Wildman–Crippen LogP) is 7.31. The lowest BCUT2D eigenvalue weighted by atomic mass is 9.94. The molecular weight excluding hydrogens is 500 g/mol. The van der Waals surface area contributed by atoms with Crippen LogP contribution < -0.4 is 15.4 Å². The number of thioether (sulfide) groups is 1. The first-order valence-corrected chi connectivity index (χ1v) is 14.2. The van der Waals surface area contributed by atoms with Crippen LogP contribution in [-0.2, 0) is 9.53 Å². The van der Waals surface area contributed by atoms with Crippen molar-refractivity contribution in [2.45, 2.75) is 44.9 Å². The Morgan fingerprint density at radius 2 is 1.92 bits per heavy atom. The maximum Gasteiger partial charge on any atom is 0.252 e. The molecular formula is C30H36N2O3S2. The Hall–Kier alpha value is -2.61. The molecule has 2 aromatic rings. The molecule has 0 radical (unpaired) electrons. The molecule has 2 aliphatic rings. The number of allylic oxidation sites excluding steroid dienone is 2. The van der Waals surface area contributed by atoms with E-state index in [1.807, 2.05) is 53.9 Å². The Kier molecular flexibility index (Phi) is 10.2. The summed E-state index contributed by atoms with van der Waals surface area (Å²) in [7, 11) is 3.31. The summed E-state index contributed by atoms with van der Waals surface area (Å²) in [6.07, 6.45) is 9.86. The van der Waals surface area contributed by atoms with Crippen LogP contribution in [-0.4, -0.2) is 31.8 Å². The molecule has 1 fully saturated rings. The molecule has 1 heterocycles. The number of carbonyl (C=O) groups excluding carboxylic acids is 1.